The van der Waals surface area contributed by atoms with Crippen molar-refractivity contribution < 1.29 is 42.1 Å². The van der Waals surface area contributed by atoms with Crippen molar-refractivity contribution >= 4 is 29.2 Å². The van der Waals surface area contributed by atoms with Gasteiger partial charge >= 0.3 is 6.36 Å². The maximum absolute atomic E-state index is 12.4. The molecule has 13 heteroatoms. The Morgan fingerprint density at radius 1 is 1.14 bits per heavy atom. The highest BCUT2D eigenvalue weighted by atomic mass is 32.2. The van der Waals surface area contributed by atoms with Gasteiger partial charge in [-0.3, -0.25) is 4.79 Å². The van der Waals surface area contributed by atoms with E-state index in [1.807, 2.05) is 5.38 Å². The highest BCUT2D eigenvalue weighted by Crippen LogP contribution is 2.35. The number of ether oxygens (including phenoxy) is 3. The molecule has 2 atom stereocenters. The summed E-state index contributed by atoms with van der Waals surface area (Å²) in [6, 6.07) is 5.36. The number of nitrogens with one attached hydrogen (secondary N) is 1. The van der Waals surface area contributed by atoms with Crippen LogP contribution in [-0.2, 0) is 14.4 Å². The summed E-state index contributed by atoms with van der Waals surface area (Å²) < 4.78 is 54.2. The zero-order chi connectivity index (χ0) is 25.5. The van der Waals surface area contributed by atoms with E-state index in [2.05, 4.69) is 14.5 Å². The Morgan fingerprint density at radius 2 is 1.86 bits per heavy atom. The topological polar surface area (TPSA) is 89.5 Å². The molecule has 2 fully saturated rings. The molecule has 2 aliphatic heterocycles. The SMILES string of the molecule is O=C(NOC1CCCCO1)C(O)c1cscc1SN1CCC(Oc2ccc(OC(F)(F)F)cc2)CC1. The van der Waals surface area contributed by atoms with Crippen molar-refractivity contribution in [1.82, 2.24) is 9.79 Å². The van der Waals surface area contributed by atoms with Crippen LogP contribution < -0.4 is 15.0 Å². The second-order valence-electron chi connectivity index (χ2n) is 8.33. The number of aliphatic hydroxyl groups is 1. The number of hydrogen-bond acceptors (Lipinski definition) is 9. The first-order valence-corrected chi connectivity index (χ1v) is 13.2. The summed E-state index contributed by atoms with van der Waals surface area (Å²) in [6.45, 7) is 1.98. The second kappa shape index (κ2) is 12.5. The maximum atomic E-state index is 12.4. The lowest BCUT2D eigenvalue weighted by molar-refractivity contribution is -0.274. The average Bonchev–Trinajstić information content (AvgIpc) is 3.32. The number of nitrogens with zero attached hydrogens (tertiary/aromatic N) is 1. The lowest BCUT2D eigenvalue weighted by atomic mass is 10.1. The number of carbonyl (C=O) groups is 1. The van der Waals surface area contributed by atoms with Crippen LogP contribution in [0, 0.1) is 0 Å². The maximum Gasteiger partial charge on any atom is 0.573 e. The van der Waals surface area contributed by atoms with Gasteiger partial charge in [0.25, 0.3) is 5.91 Å². The smallest absolute Gasteiger partial charge is 0.490 e. The van der Waals surface area contributed by atoms with Crippen LogP contribution in [-0.4, -0.2) is 53.8 Å². The van der Waals surface area contributed by atoms with E-state index in [1.54, 1.807) is 5.38 Å². The van der Waals surface area contributed by atoms with Crippen molar-refractivity contribution in [3.05, 3.63) is 40.6 Å². The normalized spacial score (nSPS) is 20.6. The molecule has 4 rings (SSSR count). The van der Waals surface area contributed by atoms with Gasteiger partial charge in [0.15, 0.2) is 12.4 Å². The van der Waals surface area contributed by atoms with Crippen LogP contribution in [0.2, 0.25) is 0 Å². The zero-order valence-corrected chi connectivity index (χ0v) is 20.9. The highest BCUT2D eigenvalue weighted by molar-refractivity contribution is 7.97. The first kappa shape index (κ1) is 27.0. The molecule has 0 saturated carbocycles. The van der Waals surface area contributed by atoms with Gasteiger partial charge in [0.1, 0.15) is 17.6 Å². The molecule has 0 bridgehead atoms. The number of carbonyl (C=O) groups excluding carboxylic acids is 1. The number of hydrogen-bond donors (Lipinski definition) is 2. The molecule has 8 nitrogen and oxygen atoms in total. The summed E-state index contributed by atoms with van der Waals surface area (Å²) in [5, 5.41) is 14.2. The summed E-state index contributed by atoms with van der Waals surface area (Å²) in [6.07, 6.45) is -2.64. The third-order valence-electron chi connectivity index (χ3n) is 5.61. The second-order valence-corrected chi connectivity index (χ2v) is 10.2. The lowest BCUT2D eigenvalue weighted by Gasteiger charge is -2.31. The molecule has 0 aliphatic carbocycles. The molecule has 2 saturated heterocycles. The van der Waals surface area contributed by atoms with Gasteiger partial charge in [-0.25, -0.2) is 14.6 Å². The number of hydroxylamine groups is 1. The predicted molar refractivity (Wildman–Crippen MR) is 126 cm³/mol. The van der Waals surface area contributed by atoms with Gasteiger partial charge in [0.2, 0.25) is 0 Å². The van der Waals surface area contributed by atoms with Crippen LogP contribution in [0.4, 0.5) is 13.2 Å². The molecule has 36 heavy (non-hydrogen) atoms. The van der Waals surface area contributed by atoms with Crippen molar-refractivity contribution in [2.75, 3.05) is 19.7 Å². The fourth-order valence-corrected chi connectivity index (χ4v) is 5.88. The Hall–Kier alpha value is -2.03. The Labute approximate surface area is 214 Å². The summed E-state index contributed by atoms with van der Waals surface area (Å²) >= 11 is 2.86. The first-order chi connectivity index (χ1) is 17.3. The van der Waals surface area contributed by atoms with Gasteiger partial charge in [-0.15, -0.1) is 13.2 Å². The summed E-state index contributed by atoms with van der Waals surface area (Å²) in [5.74, 6) is -0.466. The van der Waals surface area contributed by atoms with Crippen LogP contribution in [0.3, 0.4) is 0 Å². The van der Waals surface area contributed by atoms with Crippen LogP contribution in [0.5, 0.6) is 11.5 Å². The summed E-state index contributed by atoms with van der Waals surface area (Å²) in [5.41, 5.74) is 2.81. The first-order valence-electron chi connectivity index (χ1n) is 11.5. The molecular formula is C23H27F3N2O6S2. The van der Waals surface area contributed by atoms with E-state index in [4.69, 9.17) is 14.3 Å². The Morgan fingerprint density at radius 3 is 2.53 bits per heavy atom. The molecule has 198 valence electrons. The van der Waals surface area contributed by atoms with Crippen LogP contribution in [0.25, 0.3) is 0 Å². The Bertz CT molecular complexity index is 977. The van der Waals surface area contributed by atoms with E-state index in [0.29, 0.717) is 50.3 Å². The quantitative estimate of drug-likeness (QED) is 0.341. The molecule has 2 N–H and O–H groups in total. The fraction of sp³-hybridized carbons (Fsp3) is 0.522. The Balaban J connectivity index is 1.22. The number of piperidine rings is 1. The van der Waals surface area contributed by atoms with Gasteiger partial charge < -0.3 is 19.3 Å². The monoisotopic (exact) mass is 548 g/mol. The minimum Gasteiger partial charge on any atom is -0.490 e. The summed E-state index contributed by atoms with van der Waals surface area (Å²) in [4.78, 5) is 18.5. The van der Waals surface area contributed by atoms with Gasteiger partial charge in [0.05, 0.1) is 0 Å². The Kier molecular flexibility index (Phi) is 9.36. The number of halogens is 3. The third kappa shape index (κ3) is 7.98. The van der Waals surface area contributed by atoms with E-state index in [0.717, 1.165) is 17.7 Å². The molecule has 1 amide bonds. The fourth-order valence-electron chi connectivity index (χ4n) is 3.79. The molecule has 3 heterocycles. The number of rotatable bonds is 9. The van der Waals surface area contributed by atoms with Crippen LogP contribution >= 0.6 is 23.3 Å². The third-order valence-corrected chi connectivity index (χ3v) is 7.70. The standard InChI is InChI=1S/C23H27F3N2O6S2/c24-23(25,26)33-17-6-4-15(5-7-17)32-16-8-10-28(11-9-16)36-19-14-35-13-18(19)21(29)22(30)27-34-20-3-1-2-12-31-20/h4-7,13-14,16,20-21,29H,1-3,8-12H2,(H,27,30). The van der Waals surface area contributed by atoms with E-state index >= 15 is 0 Å². The van der Waals surface area contributed by atoms with Crippen molar-refractivity contribution in [1.29, 1.82) is 0 Å². The number of amides is 1. The molecule has 2 aromatic rings. The molecule has 1 aromatic carbocycles. The van der Waals surface area contributed by atoms with E-state index in [-0.39, 0.29) is 11.9 Å². The van der Waals surface area contributed by atoms with Crippen molar-refractivity contribution in [2.45, 2.75) is 61.9 Å². The molecule has 2 aliphatic rings. The molecule has 2 unspecified atom stereocenters. The van der Waals surface area contributed by atoms with Gasteiger partial charge in [-0.05, 0) is 67.3 Å². The molecule has 0 radical (unpaired) electrons. The van der Waals surface area contributed by atoms with Crippen molar-refractivity contribution in [3.63, 3.8) is 0 Å². The van der Waals surface area contributed by atoms with E-state index in [9.17, 15) is 23.1 Å². The van der Waals surface area contributed by atoms with E-state index in [1.165, 1.54) is 47.6 Å². The zero-order valence-electron chi connectivity index (χ0n) is 19.2. The predicted octanol–water partition coefficient (Wildman–Crippen LogP) is 4.81. The number of aliphatic hydroxyl groups excluding tert-OH is 1. The van der Waals surface area contributed by atoms with Crippen molar-refractivity contribution in [2.24, 2.45) is 0 Å². The molecule has 1 aromatic heterocycles. The molecule has 0 spiro atoms. The summed E-state index contributed by atoms with van der Waals surface area (Å²) in [7, 11) is 0. The van der Waals surface area contributed by atoms with Crippen LogP contribution in [0.1, 0.15) is 43.8 Å². The lowest BCUT2D eigenvalue weighted by Crippen LogP contribution is -2.36. The molecular weight excluding hydrogens is 521 g/mol. The van der Waals surface area contributed by atoms with E-state index < -0.39 is 24.7 Å². The van der Waals surface area contributed by atoms with Gasteiger partial charge in [-0.1, -0.05) is 0 Å². The highest BCUT2D eigenvalue weighted by Gasteiger charge is 2.31. The number of thiophene rings is 1. The average molecular weight is 549 g/mol. The largest absolute Gasteiger partial charge is 0.573 e. The van der Waals surface area contributed by atoms with Crippen LogP contribution in [0.15, 0.2) is 39.9 Å². The minimum absolute atomic E-state index is 0.0753. The minimum atomic E-state index is -4.73. The number of alkyl halides is 3. The van der Waals surface area contributed by atoms with Crippen molar-refractivity contribution in [3.8, 4) is 11.5 Å². The van der Waals surface area contributed by atoms with Gasteiger partial charge in [-0.2, -0.15) is 11.3 Å². The van der Waals surface area contributed by atoms with Gasteiger partial charge in [0, 0.05) is 42.0 Å². The number of benzene rings is 1.